The zero-order valence-corrected chi connectivity index (χ0v) is 17.5. The van der Waals surface area contributed by atoms with E-state index in [4.69, 9.17) is 18.3 Å². The number of rotatable bonds is 4. The molecule has 3 aromatic carbocycles. The highest BCUT2D eigenvalue weighted by molar-refractivity contribution is 7.98. The molecule has 0 saturated carbocycles. The molecule has 1 aliphatic rings. The molecule has 32 heavy (non-hydrogen) atoms. The molecular formula is C24H16N2O5S. The zero-order chi connectivity index (χ0) is 21.5. The quantitative estimate of drug-likeness (QED) is 0.214. The molecule has 0 amide bonds. The summed E-state index contributed by atoms with van der Waals surface area (Å²) in [5, 5.41) is 11.7. The third-order valence-corrected chi connectivity index (χ3v) is 6.14. The summed E-state index contributed by atoms with van der Waals surface area (Å²) in [6, 6.07) is 20.8. The van der Waals surface area contributed by atoms with Gasteiger partial charge in [-0.1, -0.05) is 54.2 Å². The Bertz CT molecular complexity index is 1510. The lowest BCUT2D eigenvalue weighted by Crippen LogP contribution is -2.21. The molecule has 7 nitrogen and oxygen atoms in total. The van der Waals surface area contributed by atoms with Gasteiger partial charge < -0.3 is 18.3 Å². The van der Waals surface area contributed by atoms with Crippen molar-refractivity contribution in [2.75, 3.05) is 6.61 Å². The molecule has 1 aliphatic heterocycles. The highest BCUT2D eigenvalue weighted by atomic mass is 32.2. The summed E-state index contributed by atoms with van der Waals surface area (Å²) >= 11 is 1.36. The van der Waals surface area contributed by atoms with Crippen LogP contribution in [0.15, 0.2) is 85.6 Å². The smallest absolute Gasteiger partial charge is 0.336 e. The fourth-order valence-corrected chi connectivity index (χ4v) is 4.57. The van der Waals surface area contributed by atoms with Crippen molar-refractivity contribution in [2.45, 2.75) is 17.1 Å². The first-order valence-corrected chi connectivity index (χ1v) is 11.0. The van der Waals surface area contributed by atoms with Crippen LogP contribution in [0, 0.1) is 0 Å². The average molecular weight is 444 g/mol. The van der Waals surface area contributed by atoms with E-state index in [1.165, 1.54) is 17.8 Å². The van der Waals surface area contributed by atoms with Gasteiger partial charge in [-0.2, -0.15) is 0 Å². The van der Waals surface area contributed by atoms with E-state index in [0.717, 1.165) is 21.7 Å². The van der Waals surface area contributed by atoms with Crippen molar-refractivity contribution < 1.29 is 18.3 Å². The Morgan fingerprint density at radius 1 is 0.938 bits per heavy atom. The summed E-state index contributed by atoms with van der Waals surface area (Å²) < 4.78 is 22.9. The van der Waals surface area contributed by atoms with Gasteiger partial charge in [-0.05, 0) is 34.5 Å². The predicted octanol–water partition coefficient (Wildman–Crippen LogP) is 5.13. The van der Waals surface area contributed by atoms with Crippen molar-refractivity contribution in [3.63, 3.8) is 0 Å². The van der Waals surface area contributed by atoms with Gasteiger partial charge in [0.25, 0.3) is 11.1 Å². The summed E-state index contributed by atoms with van der Waals surface area (Å²) in [6.07, 6.45) is -0.472. The third-order valence-electron chi connectivity index (χ3n) is 5.27. The number of thioether (sulfide) groups is 1. The molecule has 8 heteroatoms. The fraction of sp³-hybridized carbons (Fsp3) is 0.125. The van der Waals surface area contributed by atoms with E-state index in [1.807, 2.05) is 60.7 Å². The van der Waals surface area contributed by atoms with Crippen LogP contribution in [0.4, 0.5) is 0 Å². The normalized spacial score (nSPS) is 15.3. The van der Waals surface area contributed by atoms with Gasteiger partial charge in [0.1, 0.15) is 12.2 Å². The molecule has 1 unspecified atom stereocenters. The molecule has 6 rings (SSSR count). The first-order chi connectivity index (χ1) is 15.7. The molecule has 0 fully saturated rings. The van der Waals surface area contributed by atoms with Crippen molar-refractivity contribution in [2.24, 2.45) is 0 Å². The minimum absolute atomic E-state index is 0.291. The predicted molar refractivity (Wildman–Crippen MR) is 119 cm³/mol. The minimum Gasteiger partial charge on any atom is -0.485 e. The average Bonchev–Trinajstić information content (AvgIpc) is 3.31. The van der Waals surface area contributed by atoms with Crippen molar-refractivity contribution in [1.29, 1.82) is 0 Å². The summed E-state index contributed by atoms with van der Waals surface area (Å²) in [5.41, 5.74) is 1.02. The van der Waals surface area contributed by atoms with E-state index in [9.17, 15) is 4.79 Å². The van der Waals surface area contributed by atoms with E-state index in [0.29, 0.717) is 40.6 Å². The SMILES string of the molecule is O=c1cc(CSc2nnc(C3COc4ccccc4O3)o2)c2c(ccc3ccccc32)o1. The van der Waals surface area contributed by atoms with Gasteiger partial charge in [0, 0.05) is 17.2 Å². The van der Waals surface area contributed by atoms with Crippen LogP contribution in [0.1, 0.15) is 17.6 Å². The van der Waals surface area contributed by atoms with Crippen molar-refractivity contribution in [3.05, 3.63) is 88.6 Å². The van der Waals surface area contributed by atoms with Crippen LogP contribution in [0.5, 0.6) is 11.5 Å². The Morgan fingerprint density at radius 2 is 1.78 bits per heavy atom. The summed E-state index contributed by atoms with van der Waals surface area (Å²) in [6.45, 7) is 0.291. The second-order valence-corrected chi connectivity index (χ2v) is 8.24. The maximum atomic E-state index is 12.1. The van der Waals surface area contributed by atoms with Crippen molar-refractivity contribution >= 4 is 33.5 Å². The lowest BCUT2D eigenvalue weighted by atomic mass is 10.0. The number of ether oxygens (including phenoxy) is 2. The summed E-state index contributed by atoms with van der Waals surface area (Å²) in [4.78, 5) is 12.1. The maximum absolute atomic E-state index is 12.1. The molecule has 5 aromatic rings. The Labute approximate surface area is 186 Å². The Kier molecular flexibility index (Phi) is 4.57. The summed E-state index contributed by atoms with van der Waals surface area (Å²) in [5.74, 6) is 2.16. The number of aromatic nitrogens is 2. The minimum atomic E-state index is -0.472. The first kappa shape index (κ1) is 18.9. The number of nitrogens with zero attached hydrogens (tertiary/aromatic N) is 2. The first-order valence-electron chi connectivity index (χ1n) is 10.0. The molecule has 0 aliphatic carbocycles. The third kappa shape index (κ3) is 3.38. The van der Waals surface area contributed by atoms with Crippen LogP contribution in [0.2, 0.25) is 0 Å². The Hall–Kier alpha value is -3.78. The lowest BCUT2D eigenvalue weighted by molar-refractivity contribution is 0.0686. The van der Waals surface area contributed by atoms with Gasteiger partial charge in [0.2, 0.25) is 6.10 Å². The monoisotopic (exact) mass is 444 g/mol. The second-order valence-electron chi connectivity index (χ2n) is 7.31. The highest BCUT2D eigenvalue weighted by Crippen LogP contribution is 2.36. The van der Waals surface area contributed by atoms with Crippen LogP contribution in [-0.2, 0) is 5.75 Å². The van der Waals surface area contributed by atoms with Crippen molar-refractivity contribution in [1.82, 2.24) is 10.2 Å². The molecule has 0 N–H and O–H groups in total. The van der Waals surface area contributed by atoms with E-state index < -0.39 is 6.10 Å². The largest absolute Gasteiger partial charge is 0.485 e. The summed E-state index contributed by atoms with van der Waals surface area (Å²) in [7, 11) is 0. The van der Waals surface area contributed by atoms with Gasteiger partial charge in [-0.25, -0.2) is 4.79 Å². The van der Waals surface area contributed by atoms with Gasteiger partial charge in [0.05, 0.1) is 0 Å². The lowest BCUT2D eigenvalue weighted by Gasteiger charge is -2.23. The molecule has 3 heterocycles. The molecule has 0 spiro atoms. The maximum Gasteiger partial charge on any atom is 0.336 e. The molecule has 1 atom stereocenters. The molecule has 158 valence electrons. The van der Waals surface area contributed by atoms with Crippen LogP contribution >= 0.6 is 11.8 Å². The molecular weight excluding hydrogens is 428 g/mol. The molecule has 0 saturated heterocycles. The topological polar surface area (TPSA) is 87.6 Å². The van der Waals surface area contributed by atoms with E-state index in [-0.39, 0.29) is 5.63 Å². The second kappa shape index (κ2) is 7.72. The van der Waals surface area contributed by atoms with Gasteiger partial charge in [-0.3, -0.25) is 0 Å². The van der Waals surface area contributed by atoms with Crippen LogP contribution in [0.25, 0.3) is 21.7 Å². The number of para-hydroxylation sites is 2. The molecule has 0 radical (unpaired) electrons. The zero-order valence-electron chi connectivity index (χ0n) is 16.7. The van der Waals surface area contributed by atoms with Crippen LogP contribution < -0.4 is 15.1 Å². The van der Waals surface area contributed by atoms with E-state index in [2.05, 4.69) is 10.2 Å². The Balaban J connectivity index is 1.27. The number of fused-ring (bicyclic) bond motifs is 4. The highest BCUT2D eigenvalue weighted by Gasteiger charge is 2.27. The van der Waals surface area contributed by atoms with Crippen molar-refractivity contribution in [3.8, 4) is 11.5 Å². The van der Waals surface area contributed by atoms with Crippen LogP contribution in [0.3, 0.4) is 0 Å². The van der Waals surface area contributed by atoms with Gasteiger partial charge in [-0.15, -0.1) is 10.2 Å². The number of hydrogen-bond acceptors (Lipinski definition) is 8. The number of hydrogen-bond donors (Lipinski definition) is 0. The molecule has 0 bridgehead atoms. The Morgan fingerprint density at radius 3 is 2.72 bits per heavy atom. The van der Waals surface area contributed by atoms with E-state index >= 15 is 0 Å². The van der Waals surface area contributed by atoms with Crippen LogP contribution in [-0.4, -0.2) is 16.8 Å². The van der Waals surface area contributed by atoms with E-state index in [1.54, 1.807) is 0 Å². The number of benzene rings is 3. The fourth-order valence-electron chi connectivity index (χ4n) is 3.82. The van der Waals surface area contributed by atoms with Gasteiger partial charge in [0.15, 0.2) is 11.5 Å². The standard InChI is InChI=1S/C24H16N2O5S/c27-21-11-15(22-16-6-2-1-5-14(16)9-10-19(22)30-21)13-32-24-26-25-23(31-24)20-12-28-17-7-3-4-8-18(17)29-20/h1-11,20H,12-13H2. The van der Waals surface area contributed by atoms with Gasteiger partial charge >= 0.3 is 5.63 Å². The molecule has 2 aromatic heterocycles.